The van der Waals surface area contributed by atoms with Crippen LogP contribution < -0.4 is 11.1 Å². The number of aromatic nitrogens is 2. The maximum atomic E-state index is 12.5. The highest BCUT2D eigenvalue weighted by molar-refractivity contribution is 6.35. The number of nitrogens with one attached hydrogen (secondary N) is 1. The van der Waals surface area contributed by atoms with Gasteiger partial charge in [-0.25, -0.2) is 9.97 Å². The van der Waals surface area contributed by atoms with Gasteiger partial charge in [0.15, 0.2) is 5.82 Å². The summed E-state index contributed by atoms with van der Waals surface area (Å²) in [6, 6.07) is 7.85. The Labute approximate surface area is 139 Å². The van der Waals surface area contributed by atoms with Gasteiger partial charge in [-0.15, -0.1) is 0 Å². The minimum Gasteiger partial charge on any atom is -0.382 e. The monoisotopic (exact) mass is 331 g/mol. The lowest BCUT2D eigenvalue weighted by Gasteiger charge is -2.18. The molecule has 3 rings (SSSR count). The van der Waals surface area contributed by atoms with E-state index in [0.29, 0.717) is 25.3 Å². The van der Waals surface area contributed by atoms with Gasteiger partial charge in [-0.2, -0.15) is 0 Å². The molecule has 1 amide bonds. The van der Waals surface area contributed by atoms with E-state index < -0.39 is 0 Å². The van der Waals surface area contributed by atoms with E-state index >= 15 is 0 Å². The van der Waals surface area contributed by atoms with Crippen molar-refractivity contribution in [2.45, 2.75) is 25.9 Å². The first-order chi connectivity index (χ1) is 11.0. The number of anilines is 2. The Balaban J connectivity index is 1.67. The van der Waals surface area contributed by atoms with Crippen molar-refractivity contribution < 1.29 is 4.79 Å². The predicted octanol–water partition coefficient (Wildman–Crippen LogP) is 2.23. The number of nitrogen functional groups attached to an aromatic ring is 1. The maximum Gasteiger partial charge on any atom is 0.245 e. The normalized spacial score (nSPS) is 17.6. The Morgan fingerprint density at radius 3 is 2.83 bits per heavy atom. The molecule has 1 atom stereocenters. The number of halogens is 1. The maximum absolute atomic E-state index is 12.5. The van der Waals surface area contributed by atoms with Crippen LogP contribution in [0.1, 0.15) is 17.5 Å². The standard InChI is InChI=1S/C16H18ClN5O/c1-10-2-4-11(5-3-10)8-22-7-6-12(16(22)23)21-15-13(17)14(18)19-9-20-15/h2-5,9,12H,6-8H2,1H3,(H3,18,19,20,21). The van der Waals surface area contributed by atoms with Crippen LogP contribution in [0.4, 0.5) is 11.6 Å². The van der Waals surface area contributed by atoms with Crippen molar-refractivity contribution in [1.29, 1.82) is 0 Å². The number of hydrogen-bond acceptors (Lipinski definition) is 5. The first kappa shape index (κ1) is 15.6. The van der Waals surface area contributed by atoms with Crippen molar-refractivity contribution in [3.05, 3.63) is 46.7 Å². The molecule has 1 aliphatic rings. The van der Waals surface area contributed by atoms with Crippen LogP contribution in [-0.2, 0) is 11.3 Å². The van der Waals surface area contributed by atoms with Crippen LogP contribution >= 0.6 is 11.6 Å². The molecule has 0 aliphatic carbocycles. The zero-order valence-corrected chi connectivity index (χ0v) is 13.5. The third-order valence-corrected chi connectivity index (χ3v) is 4.29. The zero-order valence-electron chi connectivity index (χ0n) is 12.8. The van der Waals surface area contributed by atoms with Crippen LogP contribution in [0.25, 0.3) is 0 Å². The molecule has 120 valence electrons. The van der Waals surface area contributed by atoms with E-state index in [4.69, 9.17) is 17.3 Å². The summed E-state index contributed by atoms with van der Waals surface area (Å²) in [4.78, 5) is 22.2. The third kappa shape index (κ3) is 3.37. The predicted molar refractivity (Wildman–Crippen MR) is 90.1 cm³/mol. The van der Waals surface area contributed by atoms with E-state index in [1.807, 2.05) is 24.0 Å². The van der Waals surface area contributed by atoms with Crippen molar-refractivity contribution >= 4 is 29.1 Å². The van der Waals surface area contributed by atoms with Crippen LogP contribution in [0.3, 0.4) is 0 Å². The lowest BCUT2D eigenvalue weighted by atomic mass is 10.1. The number of carbonyl (C=O) groups is 1. The fourth-order valence-corrected chi connectivity index (χ4v) is 2.75. The van der Waals surface area contributed by atoms with Crippen LogP contribution in [-0.4, -0.2) is 33.4 Å². The van der Waals surface area contributed by atoms with Gasteiger partial charge >= 0.3 is 0 Å². The largest absolute Gasteiger partial charge is 0.382 e. The topological polar surface area (TPSA) is 84.1 Å². The average Bonchev–Trinajstić information content (AvgIpc) is 2.87. The van der Waals surface area contributed by atoms with Crippen molar-refractivity contribution in [2.24, 2.45) is 0 Å². The molecule has 7 heteroatoms. The summed E-state index contributed by atoms with van der Waals surface area (Å²) in [6.45, 7) is 3.35. The van der Waals surface area contributed by atoms with Crippen LogP contribution in [0.15, 0.2) is 30.6 Å². The first-order valence-corrected chi connectivity index (χ1v) is 7.79. The van der Waals surface area contributed by atoms with Gasteiger partial charge in [-0.3, -0.25) is 4.79 Å². The molecule has 1 aliphatic heterocycles. The van der Waals surface area contributed by atoms with Crippen molar-refractivity contribution in [3.8, 4) is 0 Å². The molecular formula is C16H18ClN5O. The van der Waals surface area contributed by atoms with Crippen LogP contribution in [0.2, 0.25) is 5.02 Å². The molecule has 3 N–H and O–H groups in total. The number of likely N-dealkylation sites (tertiary alicyclic amines) is 1. The molecule has 1 fully saturated rings. The Morgan fingerprint density at radius 2 is 2.09 bits per heavy atom. The number of carbonyl (C=O) groups excluding carboxylic acids is 1. The number of nitrogens with zero attached hydrogens (tertiary/aromatic N) is 3. The van der Waals surface area contributed by atoms with Gasteiger partial charge in [0, 0.05) is 13.1 Å². The Hall–Kier alpha value is -2.34. The smallest absolute Gasteiger partial charge is 0.245 e. The summed E-state index contributed by atoms with van der Waals surface area (Å²) in [7, 11) is 0. The zero-order chi connectivity index (χ0) is 16.4. The quantitative estimate of drug-likeness (QED) is 0.897. The van der Waals surface area contributed by atoms with Gasteiger partial charge in [0.2, 0.25) is 5.91 Å². The molecule has 1 unspecified atom stereocenters. The van der Waals surface area contributed by atoms with E-state index in [-0.39, 0.29) is 22.8 Å². The number of amides is 1. The highest BCUT2D eigenvalue weighted by Crippen LogP contribution is 2.26. The van der Waals surface area contributed by atoms with E-state index in [0.717, 1.165) is 5.56 Å². The fourth-order valence-electron chi connectivity index (χ4n) is 2.59. The van der Waals surface area contributed by atoms with Crippen LogP contribution in [0, 0.1) is 6.92 Å². The highest BCUT2D eigenvalue weighted by atomic mass is 35.5. The van der Waals surface area contributed by atoms with Gasteiger partial charge in [0.1, 0.15) is 23.2 Å². The number of benzene rings is 1. The Kier molecular flexibility index (Phi) is 4.34. The summed E-state index contributed by atoms with van der Waals surface area (Å²) < 4.78 is 0. The molecule has 1 saturated heterocycles. The van der Waals surface area contributed by atoms with Crippen molar-refractivity contribution in [3.63, 3.8) is 0 Å². The molecule has 0 spiro atoms. The lowest BCUT2D eigenvalue weighted by Crippen LogP contribution is -2.33. The second-order valence-electron chi connectivity index (χ2n) is 5.65. The van der Waals surface area contributed by atoms with E-state index in [9.17, 15) is 4.79 Å². The van der Waals surface area contributed by atoms with E-state index in [1.54, 1.807) is 0 Å². The summed E-state index contributed by atoms with van der Waals surface area (Å²) in [5.74, 6) is 0.639. The molecule has 0 saturated carbocycles. The average molecular weight is 332 g/mol. The molecule has 2 heterocycles. The van der Waals surface area contributed by atoms with Gasteiger partial charge in [-0.1, -0.05) is 41.4 Å². The van der Waals surface area contributed by atoms with Crippen LogP contribution in [0.5, 0.6) is 0 Å². The SMILES string of the molecule is Cc1ccc(CN2CCC(Nc3ncnc(N)c3Cl)C2=O)cc1. The van der Waals surface area contributed by atoms with Gasteiger partial charge in [0.05, 0.1) is 0 Å². The molecule has 23 heavy (non-hydrogen) atoms. The molecule has 0 radical (unpaired) electrons. The number of hydrogen-bond donors (Lipinski definition) is 2. The number of aryl methyl sites for hydroxylation is 1. The third-order valence-electron chi connectivity index (χ3n) is 3.92. The second kappa shape index (κ2) is 6.42. The first-order valence-electron chi connectivity index (χ1n) is 7.41. The van der Waals surface area contributed by atoms with Gasteiger partial charge in [-0.05, 0) is 18.9 Å². The Morgan fingerprint density at radius 1 is 1.35 bits per heavy atom. The van der Waals surface area contributed by atoms with E-state index in [1.165, 1.54) is 11.9 Å². The minimum atomic E-state index is -0.341. The molecule has 0 bridgehead atoms. The Bertz CT molecular complexity index is 719. The molecule has 2 aromatic rings. The molecular weight excluding hydrogens is 314 g/mol. The lowest BCUT2D eigenvalue weighted by molar-refractivity contribution is -0.128. The number of nitrogens with two attached hydrogens (primary N) is 1. The summed E-state index contributed by atoms with van der Waals surface area (Å²) >= 11 is 6.06. The fraction of sp³-hybridized carbons (Fsp3) is 0.312. The second-order valence-corrected chi connectivity index (χ2v) is 6.03. The summed E-state index contributed by atoms with van der Waals surface area (Å²) in [5.41, 5.74) is 7.98. The van der Waals surface area contributed by atoms with Crippen molar-refractivity contribution in [1.82, 2.24) is 14.9 Å². The minimum absolute atomic E-state index is 0.0406. The van der Waals surface area contributed by atoms with Crippen molar-refractivity contribution in [2.75, 3.05) is 17.6 Å². The van der Waals surface area contributed by atoms with Gasteiger partial charge in [0.25, 0.3) is 0 Å². The highest BCUT2D eigenvalue weighted by Gasteiger charge is 2.32. The van der Waals surface area contributed by atoms with E-state index in [2.05, 4.69) is 27.4 Å². The summed E-state index contributed by atoms with van der Waals surface area (Å²) in [5, 5.41) is 3.32. The number of rotatable bonds is 4. The molecule has 6 nitrogen and oxygen atoms in total. The van der Waals surface area contributed by atoms with Gasteiger partial charge < -0.3 is 16.0 Å². The molecule has 1 aromatic carbocycles. The summed E-state index contributed by atoms with van der Waals surface area (Å²) in [6.07, 6.45) is 2.03. The molecule has 1 aromatic heterocycles.